The first kappa shape index (κ1) is 21.4. The summed E-state index contributed by atoms with van der Waals surface area (Å²) < 4.78 is 5.30. The average Bonchev–Trinajstić information content (AvgIpc) is 2.69. The Kier molecular flexibility index (Phi) is 7.58. The van der Waals surface area contributed by atoms with Crippen LogP contribution in [0.15, 0.2) is 48.5 Å². The molecule has 0 bridgehead atoms. The molecule has 0 aliphatic heterocycles. The van der Waals surface area contributed by atoms with Gasteiger partial charge in [-0.2, -0.15) is 0 Å². The van der Waals surface area contributed by atoms with Crippen LogP contribution in [0.3, 0.4) is 0 Å². The second-order valence-corrected chi connectivity index (χ2v) is 6.69. The summed E-state index contributed by atoms with van der Waals surface area (Å²) in [4.78, 5) is 30.7. The van der Waals surface area contributed by atoms with Gasteiger partial charge in [-0.15, -0.1) is 0 Å². The normalized spacial score (nSPS) is 10.6. The van der Waals surface area contributed by atoms with Crippen molar-refractivity contribution in [3.8, 4) is 5.75 Å². The molecule has 0 aliphatic carbocycles. The Labute approximate surface area is 167 Å². The Morgan fingerprint density at radius 2 is 1.57 bits per heavy atom. The molecule has 2 aromatic rings. The van der Waals surface area contributed by atoms with E-state index in [-0.39, 0.29) is 18.4 Å². The van der Waals surface area contributed by atoms with E-state index in [1.165, 1.54) is 0 Å². The Balaban J connectivity index is 2.40. The zero-order valence-corrected chi connectivity index (χ0v) is 17.3. The monoisotopic (exact) mass is 383 g/mol. The number of benzene rings is 2. The largest absolute Gasteiger partial charge is 0.497 e. The third-order valence-corrected chi connectivity index (χ3v) is 4.44. The second-order valence-electron chi connectivity index (χ2n) is 6.69. The molecule has 6 nitrogen and oxygen atoms in total. The summed E-state index contributed by atoms with van der Waals surface area (Å²) >= 11 is 0. The summed E-state index contributed by atoms with van der Waals surface area (Å²) in [6.07, 6.45) is 0. The highest BCUT2D eigenvalue weighted by Gasteiger charge is 2.20. The highest BCUT2D eigenvalue weighted by molar-refractivity contribution is 6.02. The van der Waals surface area contributed by atoms with Crippen molar-refractivity contribution < 1.29 is 14.3 Å². The third-order valence-electron chi connectivity index (χ3n) is 4.44. The van der Waals surface area contributed by atoms with Crippen molar-refractivity contribution in [2.24, 2.45) is 0 Å². The molecule has 0 spiro atoms. The van der Waals surface area contributed by atoms with Crippen LogP contribution in [0.25, 0.3) is 0 Å². The second kappa shape index (κ2) is 9.90. The lowest BCUT2D eigenvalue weighted by Crippen LogP contribution is -2.34. The van der Waals surface area contributed by atoms with E-state index in [9.17, 15) is 9.59 Å². The van der Waals surface area contributed by atoms with Gasteiger partial charge >= 0.3 is 0 Å². The summed E-state index contributed by atoms with van der Waals surface area (Å²) in [5, 5.41) is 0. The first-order valence-corrected chi connectivity index (χ1v) is 9.42. The molecule has 0 saturated heterocycles. The molecule has 0 unspecified atom stereocenters. The average molecular weight is 383 g/mol. The Hall–Kier alpha value is -2.86. The molecule has 28 heavy (non-hydrogen) atoms. The van der Waals surface area contributed by atoms with Crippen LogP contribution in [0.1, 0.15) is 24.2 Å². The number of carbonyl (C=O) groups is 2. The minimum Gasteiger partial charge on any atom is -0.497 e. The number of hydrogen-bond donors (Lipinski definition) is 0. The summed E-state index contributed by atoms with van der Waals surface area (Å²) in [7, 11) is 5.31. The fourth-order valence-electron chi connectivity index (χ4n) is 2.97. The van der Waals surface area contributed by atoms with Crippen LogP contribution in [-0.2, 0) is 4.79 Å². The number of hydrogen-bond acceptors (Lipinski definition) is 4. The number of nitrogens with zero attached hydrogens (tertiary/aromatic N) is 3. The summed E-state index contributed by atoms with van der Waals surface area (Å²) in [5.74, 6) is 0.596. The van der Waals surface area contributed by atoms with Crippen LogP contribution in [0.5, 0.6) is 5.75 Å². The standard InChI is InChI=1S/C22H29N3O3/c1-6-24(7-2)22(27)17-11-13-18(14-12-17)25(21(26)16-23(3)4)19-9-8-10-20(15-19)28-5/h8-15H,6-7,16H2,1-5H3. The number of anilines is 2. The van der Waals surface area contributed by atoms with Gasteiger partial charge in [0.25, 0.3) is 5.91 Å². The van der Waals surface area contributed by atoms with Gasteiger partial charge in [-0.25, -0.2) is 0 Å². The van der Waals surface area contributed by atoms with Crippen LogP contribution in [0, 0.1) is 0 Å². The first-order chi connectivity index (χ1) is 13.4. The molecule has 6 heteroatoms. The summed E-state index contributed by atoms with van der Waals surface area (Å²) in [6.45, 7) is 5.50. The zero-order chi connectivity index (χ0) is 20.7. The SMILES string of the molecule is CCN(CC)C(=O)c1ccc(N(C(=O)CN(C)C)c2cccc(OC)c2)cc1. The summed E-state index contributed by atoms with van der Waals surface area (Å²) in [5.41, 5.74) is 2.03. The van der Waals surface area contributed by atoms with E-state index in [2.05, 4.69) is 0 Å². The molecule has 0 N–H and O–H groups in total. The molecule has 0 heterocycles. The summed E-state index contributed by atoms with van der Waals surface area (Å²) in [6, 6.07) is 14.5. The molecular weight excluding hydrogens is 354 g/mol. The van der Waals surface area contributed by atoms with Gasteiger partial charge in [0.15, 0.2) is 0 Å². The zero-order valence-electron chi connectivity index (χ0n) is 17.3. The maximum Gasteiger partial charge on any atom is 0.253 e. The van der Waals surface area contributed by atoms with Gasteiger partial charge in [0.2, 0.25) is 5.91 Å². The maximum absolute atomic E-state index is 12.9. The lowest BCUT2D eigenvalue weighted by atomic mass is 10.1. The van der Waals surface area contributed by atoms with E-state index in [4.69, 9.17) is 4.74 Å². The minimum absolute atomic E-state index is 0.0101. The fourth-order valence-corrected chi connectivity index (χ4v) is 2.97. The highest BCUT2D eigenvalue weighted by Crippen LogP contribution is 2.29. The molecule has 0 aromatic heterocycles. The molecule has 2 amide bonds. The molecule has 150 valence electrons. The van der Waals surface area contributed by atoms with Gasteiger partial charge in [-0.1, -0.05) is 6.07 Å². The van der Waals surface area contributed by atoms with Crippen molar-refractivity contribution in [3.63, 3.8) is 0 Å². The van der Waals surface area contributed by atoms with Gasteiger partial charge in [0.1, 0.15) is 5.75 Å². The number of rotatable bonds is 8. The third kappa shape index (κ3) is 5.10. The molecule has 2 aromatic carbocycles. The van der Waals surface area contributed by atoms with Crippen LogP contribution in [0.2, 0.25) is 0 Å². The van der Waals surface area contributed by atoms with Crippen LogP contribution in [0.4, 0.5) is 11.4 Å². The van der Waals surface area contributed by atoms with E-state index in [0.29, 0.717) is 35.8 Å². The van der Waals surface area contributed by atoms with Crippen molar-refractivity contribution in [1.29, 1.82) is 0 Å². The molecule has 0 atom stereocenters. The van der Waals surface area contributed by atoms with E-state index in [0.717, 1.165) is 0 Å². The van der Waals surface area contributed by atoms with Crippen molar-refractivity contribution in [2.45, 2.75) is 13.8 Å². The smallest absolute Gasteiger partial charge is 0.253 e. The highest BCUT2D eigenvalue weighted by atomic mass is 16.5. The minimum atomic E-state index is -0.0685. The molecule has 2 rings (SSSR count). The maximum atomic E-state index is 12.9. The van der Waals surface area contributed by atoms with Crippen molar-refractivity contribution in [2.75, 3.05) is 45.7 Å². The van der Waals surface area contributed by atoms with Crippen LogP contribution >= 0.6 is 0 Å². The van der Waals surface area contributed by atoms with Gasteiger partial charge in [-0.3, -0.25) is 14.5 Å². The number of carbonyl (C=O) groups excluding carboxylic acids is 2. The molecule has 0 saturated carbocycles. The molecular formula is C22H29N3O3. The van der Waals surface area contributed by atoms with Gasteiger partial charge in [0, 0.05) is 30.4 Å². The Morgan fingerprint density at radius 3 is 2.11 bits per heavy atom. The molecule has 0 radical (unpaired) electrons. The first-order valence-electron chi connectivity index (χ1n) is 9.42. The van der Waals surface area contributed by atoms with Crippen LogP contribution in [-0.4, -0.2) is 62.5 Å². The van der Waals surface area contributed by atoms with Crippen molar-refractivity contribution in [1.82, 2.24) is 9.80 Å². The topological polar surface area (TPSA) is 53.1 Å². The van der Waals surface area contributed by atoms with Crippen molar-refractivity contribution >= 4 is 23.2 Å². The lowest BCUT2D eigenvalue weighted by Gasteiger charge is -2.25. The number of methoxy groups -OCH3 is 1. The predicted octanol–water partition coefficient (Wildman–Crippen LogP) is 3.40. The molecule has 0 fully saturated rings. The van der Waals surface area contributed by atoms with E-state index in [1.54, 1.807) is 29.0 Å². The predicted molar refractivity (Wildman–Crippen MR) is 112 cm³/mol. The number of likely N-dealkylation sites (N-methyl/N-ethyl adjacent to an activating group) is 1. The Morgan fingerprint density at radius 1 is 0.929 bits per heavy atom. The lowest BCUT2D eigenvalue weighted by molar-refractivity contribution is -0.118. The van der Waals surface area contributed by atoms with E-state index in [1.807, 2.05) is 69.2 Å². The molecule has 0 aliphatic rings. The van der Waals surface area contributed by atoms with E-state index < -0.39 is 0 Å². The quantitative estimate of drug-likeness (QED) is 0.701. The van der Waals surface area contributed by atoms with Gasteiger partial charge in [-0.05, 0) is 64.3 Å². The Bertz CT molecular complexity index is 799. The van der Waals surface area contributed by atoms with Gasteiger partial charge in [0.05, 0.1) is 19.3 Å². The number of ether oxygens (including phenoxy) is 1. The van der Waals surface area contributed by atoms with Crippen LogP contribution < -0.4 is 9.64 Å². The van der Waals surface area contributed by atoms with E-state index >= 15 is 0 Å². The van der Waals surface area contributed by atoms with Crippen molar-refractivity contribution in [3.05, 3.63) is 54.1 Å². The number of amides is 2. The fraction of sp³-hybridized carbons (Fsp3) is 0.364. The van der Waals surface area contributed by atoms with Gasteiger partial charge < -0.3 is 14.5 Å².